The van der Waals surface area contributed by atoms with E-state index >= 15 is 0 Å². The van der Waals surface area contributed by atoms with Gasteiger partial charge >= 0.3 is 0 Å². The Bertz CT molecular complexity index is 332. The number of amides is 1. The molecule has 5 nitrogen and oxygen atoms in total. The summed E-state index contributed by atoms with van der Waals surface area (Å²) < 4.78 is 10.7. The summed E-state index contributed by atoms with van der Waals surface area (Å²) in [5.74, 6) is 0.637. The van der Waals surface area contributed by atoms with Gasteiger partial charge in [-0.3, -0.25) is 9.69 Å². The van der Waals surface area contributed by atoms with Gasteiger partial charge in [0.05, 0.1) is 13.2 Å². The van der Waals surface area contributed by atoms with Crippen molar-refractivity contribution >= 4 is 5.91 Å². The predicted molar refractivity (Wildman–Crippen MR) is 75.5 cm³/mol. The zero-order chi connectivity index (χ0) is 13.8. The van der Waals surface area contributed by atoms with E-state index in [0.29, 0.717) is 17.8 Å². The Balaban J connectivity index is 1.37. The molecule has 0 aromatic heterocycles. The summed E-state index contributed by atoms with van der Waals surface area (Å²) in [6.07, 6.45) is 4.16. The minimum Gasteiger partial charge on any atom is -0.381 e. The molecule has 1 N–H and O–H groups in total. The number of morpholine rings is 1. The van der Waals surface area contributed by atoms with E-state index in [1.807, 2.05) is 0 Å². The summed E-state index contributed by atoms with van der Waals surface area (Å²) in [7, 11) is 0. The number of nitrogens with zero attached hydrogens (tertiary/aromatic N) is 1. The lowest BCUT2D eigenvalue weighted by Gasteiger charge is -2.30. The summed E-state index contributed by atoms with van der Waals surface area (Å²) >= 11 is 0. The van der Waals surface area contributed by atoms with E-state index in [0.717, 1.165) is 59.0 Å². The highest BCUT2D eigenvalue weighted by Gasteiger charge is 2.44. The fraction of sp³-hybridized carbons (Fsp3) is 0.933. The molecule has 0 bridgehead atoms. The number of hydrogen-bond acceptors (Lipinski definition) is 4. The molecule has 3 fully saturated rings. The number of carbonyl (C=O) groups is 1. The Hall–Kier alpha value is -0.650. The number of hydrogen-bond donors (Lipinski definition) is 1. The van der Waals surface area contributed by atoms with Gasteiger partial charge in [-0.05, 0) is 25.2 Å². The molecule has 3 aliphatic rings. The van der Waals surface area contributed by atoms with Crippen LogP contribution in [0.5, 0.6) is 0 Å². The first-order chi connectivity index (χ1) is 9.76. The maximum Gasteiger partial charge on any atom is 0.220 e. The fourth-order valence-electron chi connectivity index (χ4n) is 3.17. The van der Waals surface area contributed by atoms with Crippen LogP contribution in [0.15, 0.2) is 0 Å². The largest absolute Gasteiger partial charge is 0.381 e. The number of rotatable bonds is 6. The lowest BCUT2D eigenvalue weighted by molar-refractivity contribution is -0.122. The predicted octanol–water partition coefficient (Wildman–Crippen LogP) is 0.642. The van der Waals surface area contributed by atoms with E-state index in [9.17, 15) is 4.79 Å². The molecule has 1 amide bonds. The van der Waals surface area contributed by atoms with Gasteiger partial charge in [0.1, 0.15) is 0 Å². The Kier molecular flexibility index (Phi) is 4.58. The molecule has 0 aromatic rings. The van der Waals surface area contributed by atoms with E-state index in [-0.39, 0.29) is 5.91 Å². The first-order valence-electron chi connectivity index (χ1n) is 7.90. The molecule has 1 atom stereocenters. The van der Waals surface area contributed by atoms with E-state index in [1.54, 1.807) is 0 Å². The quantitative estimate of drug-likeness (QED) is 0.777. The summed E-state index contributed by atoms with van der Waals surface area (Å²) in [6, 6.07) is 0. The lowest BCUT2D eigenvalue weighted by Crippen LogP contribution is -2.43. The van der Waals surface area contributed by atoms with Gasteiger partial charge in [-0.2, -0.15) is 0 Å². The van der Waals surface area contributed by atoms with Crippen molar-refractivity contribution in [1.82, 2.24) is 10.2 Å². The van der Waals surface area contributed by atoms with Crippen LogP contribution in [-0.4, -0.2) is 63.4 Å². The van der Waals surface area contributed by atoms with Crippen LogP contribution in [0.4, 0.5) is 0 Å². The SMILES string of the molecule is O=C(CC1CCOC1)NCC1(CN2CCOCC2)CC1. The molecule has 1 aliphatic carbocycles. The van der Waals surface area contributed by atoms with Gasteiger partial charge in [0.2, 0.25) is 5.91 Å². The Morgan fingerprint density at radius 2 is 2.00 bits per heavy atom. The summed E-state index contributed by atoms with van der Waals surface area (Å²) in [6.45, 7) is 7.31. The van der Waals surface area contributed by atoms with E-state index in [1.165, 1.54) is 12.8 Å². The van der Waals surface area contributed by atoms with Crippen molar-refractivity contribution < 1.29 is 14.3 Å². The van der Waals surface area contributed by atoms with Crippen LogP contribution < -0.4 is 5.32 Å². The first kappa shape index (κ1) is 14.3. The highest BCUT2D eigenvalue weighted by molar-refractivity contribution is 5.76. The van der Waals surface area contributed by atoms with Crippen molar-refractivity contribution in [2.24, 2.45) is 11.3 Å². The number of carbonyl (C=O) groups excluding carboxylic acids is 1. The number of ether oxygens (including phenoxy) is 2. The summed E-state index contributed by atoms with van der Waals surface area (Å²) in [4.78, 5) is 14.4. The smallest absolute Gasteiger partial charge is 0.220 e. The molecule has 0 radical (unpaired) electrons. The van der Waals surface area contributed by atoms with Gasteiger partial charge < -0.3 is 14.8 Å². The average Bonchev–Trinajstić information content (AvgIpc) is 3.03. The van der Waals surface area contributed by atoms with Crippen LogP contribution in [0.1, 0.15) is 25.7 Å². The monoisotopic (exact) mass is 282 g/mol. The maximum absolute atomic E-state index is 12.0. The van der Waals surface area contributed by atoms with Gasteiger partial charge in [0, 0.05) is 51.2 Å². The van der Waals surface area contributed by atoms with E-state index < -0.39 is 0 Å². The zero-order valence-electron chi connectivity index (χ0n) is 12.2. The van der Waals surface area contributed by atoms with Crippen molar-refractivity contribution in [3.63, 3.8) is 0 Å². The average molecular weight is 282 g/mol. The lowest BCUT2D eigenvalue weighted by atomic mass is 10.0. The molecule has 0 aromatic carbocycles. The molecule has 0 spiro atoms. The van der Waals surface area contributed by atoms with E-state index in [4.69, 9.17) is 9.47 Å². The second-order valence-corrected chi connectivity index (χ2v) is 6.60. The molecule has 2 heterocycles. The maximum atomic E-state index is 12.0. The Morgan fingerprint density at radius 3 is 2.65 bits per heavy atom. The fourth-order valence-corrected chi connectivity index (χ4v) is 3.17. The Labute approximate surface area is 121 Å². The van der Waals surface area contributed by atoms with E-state index in [2.05, 4.69) is 10.2 Å². The highest BCUT2D eigenvalue weighted by Crippen LogP contribution is 2.45. The third-order valence-electron chi connectivity index (χ3n) is 4.78. The van der Waals surface area contributed by atoms with Gasteiger partial charge in [-0.15, -0.1) is 0 Å². The molecule has 3 rings (SSSR count). The van der Waals surface area contributed by atoms with Crippen molar-refractivity contribution in [2.45, 2.75) is 25.7 Å². The van der Waals surface area contributed by atoms with Crippen molar-refractivity contribution in [3.8, 4) is 0 Å². The van der Waals surface area contributed by atoms with Crippen molar-refractivity contribution in [2.75, 3.05) is 52.6 Å². The van der Waals surface area contributed by atoms with Gasteiger partial charge in [-0.25, -0.2) is 0 Å². The summed E-state index contributed by atoms with van der Waals surface area (Å²) in [5.41, 5.74) is 0.346. The van der Waals surface area contributed by atoms with Crippen molar-refractivity contribution in [1.29, 1.82) is 0 Å². The van der Waals surface area contributed by atoms with Crippen molar-refractivity contribution in [3.05, 3.63) is 0 Å². The second-order valence-electron chi connectivity index (χ2n) is 6.60. The third kappa shape index (κ3) is 3.93. The summed E-state index contributed by atoms with van der Waals surface area (Å²) in [5, 5.41) is 3.15. The van der Waals surface area contributed by atoms with Crippen LogP contribution in [0, 0.1) is 11.3 Å². The molecular formula is C15H26N2O3. The van der Waals surface area contributed by atoms with Gasteiger partial charge in [-0.1, -0.05) is 0 Å². The van der Waals surface area contributed by atoms with Crippen LogP contribution in [0.25, 0.3) is 0 Å². The molecule has 1 unspecified atom stereocenters. The molecule has 5 heteroatoms. The van der Waals surface area contributed by atoms with Crippen LogP contribution in [-0.2, 0) is 14.3 Å². The topological polar surface area (TPSA) is 50.8 Å². The molecule has 114 valence electrons. The van der Waals surface area contributed by atoms with Gasteiger partial charge in [0.25, 0.3) is 0 Å². The molecule has 2 saturated heterocycles. The van der Waals surface area contributed by atoms with Gasteiger partial charge in [0.15, 0.2) is 0 Å². The van der Waals surface area contributed by atoms with Crippen LogP contribution in [0.2, 0.25) is 0 Å². The zero-order valence-corrected chi connectivity index (χ0v) is 12.2. The normalized spacial score (nSPS) is 29.3. The van der Waals surface area contributed by atoms with Crippen LogP contribution >= 0.6 is 0 Å². The number of nitrogens with one attached hydrogen (secondary N) is 1. The standard InChI is InChI=1S/C15H26N2O3/c18-14(9-13-1-6-20-10-13)16-11-15(2-3-15)12-17-4-7-19-8-5-17/h13H,1-12H2,(H,16,18). The Morgan fingerprint density at radius 1 is 1.20 bits per heavy atom. The minimum absolute atomic E-state index is 0.203. The second kappa shape index (κ2) is 6.41. The molecule has 1 saturated carbocycles. The third-order valence-corrected chi connectivity index (χ3v) is 4.78. The molecule has 2 aliphatic heterocycles. The first-order valence-corrected chi connectivity index (χ1v) is 7.90. The minimum atomic E-state index is 0.203. The highest BCUT2D eigenvalue weighted by atomic mass is 16.5. The molecule has 20 heavy (non-hydrogen) atoms. The molecular weight excluding hydrogens is 256 g/mol. The van der Waals surface area contributed by atoms with Crippen LogP contribution in [0.3, 0.4) is 0 Å².